The third-order valence-electron chi connectivity index (χ3n) is 10.8. The first-order valence-electron chi connectivity index (χ1n) is 19.0. The lowest BCUT2D eigenvalue weighted by molar-refractivity contribution is -0.135. The number of ether oxygens (including phenoxy) is 1. The van der Waals surface area contributed by atoms with Gasteiger partial charge in [0, 0.05) is 18.7 Å². The Hall–Kier alpha value is -6.63. The molecule has 13 nitrogen and oxygen atoms in total. The Morgan fingerprint density at radius 1 is 0.679 bits per heavy atom. The number of aromatic nitrogens is 6. The average molecular weight is 750 g/mol. The van der Waals surface area contributed by atoms with Crippen molar-refractivity contribution in [3.8, 4) is 33.9 Å². The Morgan fingerprint density at radius 2 is 1.21 bits per heavy atom. The predicted octanol–water partition coefficient (Wildman–Crippen LogP) is 7.15. The maximum absolute atomic E-state index is 13.9. The molecule has 0 saturated carbocycles. The first-order chi connectivity index (χ1) is 27.4. The molecule has 0 spiro atoms. The van der Waals surface area contributed by atoms with Crippen LogP contribution >= 0.6 is 0 Å². The highest BCUT2D eigenvalue weighted by atomic mass is 16.5. The molecule has 0 radical (unpaired) electrons. The summed E-state index contributed by atoms with van der Waals surface area (Å²) < 4.78 is 4.82. The molecule has 0 unspecified atom stereocenters. The number of hydrogen-bond donors (Lipinski definition) is 3. The van der Waals surface area contributed by atoms with E-state index in [2.05, 4.69) is 35.5 Å². The lowest BCUT2D eigenvalue weighted by atomic mass is 9.99. The maximum Gasteiger partial charge on any atom is 0.407 e. The summed E-state index contributed by atoms with van der Waals surface area (Å²) in [6.45, 7) is 3.22. The monoisotopic (exact) mass is 749 g/mol. The number of carbonyl (C=O) groups excluding carboxylic acids is 3. The molecule has 0 aliphatic carbocycles. The molecule has 2 saturated heterocycles. The van der Waals surface area contributed by atoms with E-state index >= 15 is 0 Å². The van der Waals surface area contributed by atoms with Gasteiger partial charge in [0.1, 0.15) is 23.4 Å². The number of methoxy groups -OCH3 is 1. The van der Waals surface area contributed by atoms with Gasteiger partial charge in [0.05, 0.1) is 54.6 Å². The molecule has 2 aliphatic heterocycles. The number of rotatable bonds is 10. The maximum atomic E-state index is 13.9. The van der Waals surface area contributed by atoms with Crippen molar-refractivity contribution in [3.63, 3.8) is 0 Å². The van der Waals surface area contributed by atoms with Crippen LogP contribution in [0, 0.1) is 0 Å². The molecule has 2 aliphatic rings. The number of likely N-dealkylation sites (tertiary alicyclic amines) is 2. The van der Waals surface area contributed by atoms with E-state index in [4.69, 9.17) is 4.74 Å². The van der Waals surface area contributed by atoms with Gasteiger partial charge in [-0.25, -0.2) is 14.8 Å². The second kappa shape index (κ2) is 16.0. The van der Waals surface area contributed by atoms with Gasteiger partial charge in [0.25, 0.3) is 5.91 Å². The molecule has 5 heterocycles. The summed E-state index contributed by atoms with van der Waals surface area (Å²) in [6.07, 6.45) is 6.22. The zero-order valence-electron chi connectivity index (χ0n) is 31.3. The van der Waals surface area contributed by atoms with E-state index in [-0.39, 0.29) is 29.8 Å². The van der Waals surface area contributed by atoms with Crippen molar-refractivity contribution in [1.82, 2.24) is 45.2 Å². The van der Waals surface area contributed by atoms with Crippen molar-refractivity contribution in [2.45, 2.75) is 56.7 Å². The van der Waals surface area contributed by atoms with E-state index in [0.717, 1.165) is 65.3 Å². The SMILES string of the molecule is COC(=O)N[C@@H](C(=O)N1CCC[C@H]1c1ncc(-c2ccc(-c3ccc(-c4cnc([C@@H]5CCCN5C(=O)[C@H](C)c5ccccc5)[nH]4)nn3)cc2)[nH]1)c1ccccc1. The van der Waals surface area contributed by atoms with Crippen LogP contribution in [0.3, 0.4) is 0 Å². The van der Waals surface area contributed by atoms with Crippen LogP contribution in [0.1, 0.15) is 79.4 Å². The number of benzene rings is 3. The van der Waals surface area contributed by atoms with Crippen LogP contribution in [0.2, 0.25) is 0 Å². The zero-order chi connectivity index (χ0) is 38.6. The van der Waals surface area contributed by atoms with Crippen molar-refractivity contribution in [2.75, 3.05) is 20.2 Å². The van der Waals surface area contributed by atoms with Gasteiger partial charge in [-0.1, -0.05) is 84.9 Å². The minimum absolute atomic E-state index is 0.107. The molecule has 284 valence electrons. The van der Waals surface area contributed by atoms with E-state index in [1.807, 2.05) is 109 Å². The van der Waals surface area contributed by atoms with Crippen LogP contribution in [-0.2, 0) is 14.3 Å². The van der Waals surface area contributed by atoms with Gasteiger partial charge in [-0.3, -0.25) is 9.59 Å². The van der Waals surface area contributed by atoms with Gasteiger partial charge in [-0.2, -0.15) is 0 Å². The van der Waals surface area contributed by atoms with Gasteiger partial charge >= 0.3 is 6.09 Å². The van der Waals surface area contributed by atoms with Crippen molar-refractivity contribution < 1.29 is 19.1 Å². The van der Waals surface area contributed by atoms with Crippen molar-refractivity contribution in [1.29, 1.82) is 0 Å². The van der Waals surface area contributed by atoms with Gasteiger partial charge in [-0.05, 0) is 61.4 Å². The molecule has 3 aromatic carbocycles. The molecule has 3 aromatic heterocycles. The van der Waals surface area contributed by atoms with Crippen molar-refractivity contribution >= 4 is 17.9 Å². The summed E-state index contributed by atoms with van der Waals surface area (Å²) in [5.74, 6) is 1.11. The topological polar surface area (TPSA) is 162 Å². The first kappa shape index (κ1) is 36.4. The lowest BCUT2D eigenvalue weighted by Crippen LogP contribution is -2.42. The third kappa shape index (κ3) is 7.39. The third-order valence-corrected chi connectivity index (χ3v) is 10.8. The minimum atomic E-state index is -0.880. The number of nitrogens with one attached hydrogen (secondary N) is 3. The molecule has 0 bridgehead atoms. The number of nitrogens with zero attached hydrogens (tertiary/aromatic N) is 6. The molecular weight excluding hydrogens is 707 g/mol. The summed E-state index contributed by atoms with van der Waals surface area (Å²) in [7, 11) is 1.28. The largest absolute Gasteiger partial charge is 0.453 e. The van der Waals surface area contributed by atoms with Crippen molar-refractivity contribution in [3.05, 3.63) is 132 Å². The minimum Gasteiger partial charge on any atom is -0.453 e. The standard InChI is InChI=1S/C43H43N9O4/c1-27(28-11-5-3-6-12-28)41(53)51-23-9-15-36(51)40-45-26-35(47-40)33-22-21-32(49-50-33)29-17-19-30(20-18-29)34-25-44-39(46-34)37-16-10-24-52(37)42(54)38(48-43(55)56-2)31-13-7-4-8-14-31/h3-8,11-14,17-22,25-27,36-38H,9-10,15-16,23-24H2,1-2H3,(H,44,46)(H,45,47)(H,48,55)/t27-,36+,37+,38-/m1/s1. The Bertz CT molecular complexity index is 2290. The second-order valence-electron chi connectivity index (χ2n) is 14.2. The van der Waals surface area contributed by atoms with E-state index in [9.17, 15) is 14.4 Å². The summed E-state index contributed by atoms with van der Waals surface area (Å²) in [5.41, 5.74) is 6.49. The number of aromatic amines is 2. The molecule has 3 amide bonds. The Kier molecular flexibility index (Phi) is 10.4. The van der Waals surface area contributed by atoms with E-state index in [0.29, 0.717) is 30.2 Å². The fourth-order valence-electron chi connectivity index (χ4n) is 7.78. The number of carbonyl (C=O) groups is 3. The summed E-state index contributed by atoms with van der Waals surface area (Å²) in [4.78, 5) is 59.5. The highest BCUT2D eigenvalue weighted by molar-refractivity contribution is 5.87. The van der Waals surface area contributed by atoms with Gasteiger partial charge in [-0.15, -0.1) is 10.2 Å². The fraction of sp³-hybridized carbons (Fsp3) is 0.279. The highest BCUT2D eigenvalue weighted by Gasteiger charge is 2.37. The molecule has 6 aromatic rings. The molecule has 13 heteroatoms. The molecular formula is C43H43N9O4. The Morgan fingerprint density at radius 3 is 1.82 bits per heavy atom. The second-order valence-corrected chi connectivity index (χ2v) is 14.2. The Labute approximate surface area is 324 Å². The number of imidazole rings is 2. The lowest BCUT2D eigenvalue weighted by Gasteiger charge is -2.28. The molecule has 3 N–H and O–H groups in total. The highest BCUT2D eigenvalue weighted by Crippen LogP contribution is 2.36. The van der Waals surface area contributed by atoms with E-state index < -0.39 is 12.1 Å². The van der Waals surface area contributed by atoms with Crippen LogP contribution in [0.4, 0.5) is 4.79 Å². The van der Waals surface area contributed by atoms with E-state index in [1.54, 1.807) is 17.3 Å². The van der Waals surface area contributed by atoms with Gasteiger partial charge in [0.15, 0.2) is 0 Å². The number of alkyl carbamates (subject to hydrolysis) is 1. The van der Waals surface area contributed by atoms with Crippen molar-refractivity contribution in [2.24, 2.45) is 0 Å². The molecule has 4 atom stereocenters. The van der Waals surface area contributed by atoms with Gasteiger partial charge in [0.2, 0.25) is 5.91 Å². The first-order valence-corrected chi connectivity index (χ1v) is 19.0. The normalized spacial score (nSPS) is 17.8. The van der Waals surface area contributed by atoms with Crippen LogP contribution in [0.15, 0.2) is 109 Å². The van der Waals surface area contributed by atoms with Crippen LogP contribution in [-0.4, -0.2) is 78.0 Å². The molecule has 8 rings (SSSR count). The van der Waals surface area contributed by atoms with E-state index in [1.165, 1.54) is 7.11 Å². The summed E-state index contributed by atoms with van der Waals surface area (Å²) in [5, 5.41) is 11.7. The predicted molar refractivity (Wildman–Crippen MR) is 210 cm³/mol. The summed E-state index contributed by atoms with van der Waals surface area (Å²) >= 11 is 0. The number of H-pyrrole nitrogens is 2. The smallest absolute Gasteiger partial charge is 0.407 e. The zero-order valence-corrected chi connectivity index (χ0v) is 31.3. The van der Waals surface area contributed by atoms with Gasteiger partial charge < -0.3 is 29.8 Å². The molecule has 2 fully saturated rings. The number of amides is 3. The number of hydrogen-bond acceptors (Lipinski definition) is 8. The Balaban J connectivity index is 0.925. The van der Waals surface area contributed by atoms with Crippen LogP contribution in [0.25, 0.3) is 33.9 Å². The quantitative estimate of drug-likeness (QED) is 0.133. The average Bonchev–Trinajstić information content (AvgIpc) is 4.10. The fourth-order valence-corrected chi connectivity index (χ4v) is 7.78. The molecule has 56 heavy (non-hydrogen) atoms. The van der Waals surface area contributed by atoms with Crippen LogP contribution in [0.5, 0.6) is 0 Å². The summed E-state index contributed by atoms with van der Waals surface area (Å²) in [6, 6.07) is 29.6. The van der Waals surface area contributed by atoms with Crippen LogP contribution < -0.4 is 5.32 Å².